The van der Waals surface area contributed by atoms with Gasteiger partial charge in [-0.1, -0.05) is 30.3 Å². The third kappa shape index (κ3) is 3.20. The molecule has 0 aliphatic heterocycles. The first-order chi connectivity index (χ1) is 9.09. The van der Waals surface area contributed by atoms with Crippen molar-refractivity contribution in [2.75, 3.05) is 0 Å². The predicted molar refractivity (Wildman–Crippen MR) is 74.1 cm³/mol. The Morgan fingerprint density at radius 2 is 1.95 bits per heavy atom. The zero-order valence-electron chi connectivity index (χ0n) is 10.2. The quantitative estimate of drug-likeness (QED) is 0.778. The topological polar surface area (TPSA) is 83.6 Å². The van der Waals surface area contributed by atoms with E-state index < -0.39 is 18.1 Å². The average molecular weight is 277 g/mol. The SMILES string of the molecule is NC(C(=O)O)C(O)c1cscc1Cc1ccccc1. The Morgan fingerprint density at radius 3 is 2.58 bits per heavy atom. The number of aliphatic hydroxyl groups is 1. The van der Waals surface area contributed by atoms with Gasteiger partial charge in [-0.15, -0.1) is 0 Å². The minimum Gasteiger partial charge on any atom is -0.480 e. The van der Waals surface area contributed by atoms with Gasteiger partial charge in [0.05, 0.1) is 0 Å². The first-order valence-corrected chi connectivity index (χ1v) is 6.79. The summed E-state index contributed by atoms with van der Waals surface area (Å²) in [5, 5.41) is 22.5. The molecular formula is C14H15NO3S. The maximum absolute atomic E-state index is 10.8. The van der Waals surface area contributed by atoms with Crippen LogP contribution in [0.4, 0.5) is 0 Å². The minimum absolute atomic E-state index is 0.601. The number of carboxylic acids is 1. The molecule has 0 spiro atoms. The molecule has 0 bridgehead atoms. The average Bonchev–Trinajstić information content (AvgIpc) is 2.86. The second-order valence-electron chi connectivity index (χ2n) is 4.32. The largest absolute Gasteiger partial charge is 0.480 e. The second-order valence-corrected chi connectivity index (χ2v) is 5.07. The van der Waals surface area contributed by atoms with Gasteiger partial charge in [0.25, 0.3) is 0 Å². The Morgan fingerprint density at radius 1 is 1.26 bits per heavy atom. The van der Waals surface area contributed by atoms with E-state index in [1.807, 2.05) is 35.7 Å². The lowest BCUT2D eigenvalue weighted by molar-refractivity contribution is -0.141. The van der Waals surface area contributed by atoms with Crippen LogP contribution in [0.25, 0.3) is 0 Å². The van der Waals surface area contributed by atoms with E-state index in [0.29, 0.717) is 12.0 Å². The predicted octanol–water partition coefficient (Wildman–Crippen LogP) is 1.78. The molecule has 0 aliphatic carbocycles. The molecule has 0 aliphatic rings. The van der Waals surface area contributed by atoms with E-state index in [9.17, 15) is 9.90 Å². The Kier molecular flexibility index (Phi) is 4.31. The molecule has 0 amide bonds. The molecule has 2 aromatic rings. The second kappa shape index (κ2) is 5.97. The van der Waals surface area contributed by atoms with Crippen molar-refractivity contribution in [3.05, 3.63) is 57.8 Å². The van der Waals surface area contributed by atoms with E-state index in [0.717, 1.165) is 11.1 Å². The molecule has 0 saturated carbocycles. The van der Waals surface area contributed by atoms with Gasteiger partial charge >= 0.3 is 5.97 Å². The summed E-state index contributed by atoms with van der Waals surface area (Å²) in [6.45, 7) is 0. The Labute approximate surface area is 115 Å². The van der Waals surface area contributed by atoms with Crippen molar-refractivity contribution < 1.29 is 15.0 Å². The van der Waals surface area contributed by atoms with Gasteiger partial charge in [0.15, 0.2) is 0 Å². The Bertz CT molecular complexity index is 553. The molecule has 1 heterocycles. The van der Waals surface area contributed by atoms with Crippen molar-refractivity contribution in [3.8, 4) is 0 Å². The highest BCUT2D eigenvalue weighted by atomic mass is 32.1. The summed E-state index contributed by atoms with van der Waals surface area (Å²) >= 11 is 1.43. The molecule has 0 saturated heterocycles. The van der Waals surface area contributed by atoms with Crippen LogP contribution in [-0.2, 0) is 11.2 Å². The molecule has 2 rings (SSSR count). The summed E-state index contributed by atoms with van der Waals surface area (Å²) in [7, 11) is 0. The van der Waals surface area contributed by atoms with Crippen LogP contribution in [0.2, 0.25) is 0 Å². The maximum atomic E-state index is 10.8. The standard InChI is InChI=1S/C14H15NO3S/c15-12(14(17)18)13(16)11-8-19-7-10(11)6-9-4-2-1-3-5-9/h1-5,7-8,12-13,16H,6,15H2,(H,17,18). The van der Waals surface area contributed by atoms with Crippen molar-refractivity contribution in [2.45, 2.75) is 18.6 Å². The van der Waals surface area contributed by atoms with Gasteiger partial charge in [-0.2, -0.15) is 11.3 Å². The van der Waals surface area contributed by atoms with Crippen molar-refractivity contribution in [3.63, 3.8) is 0 Å². The highest BCUT2D eigenvalue weighted by Crippen LogP contribution is 2.26. The summed E-state index contributed by atoms with van der Waals surface area (Å²) in [6, 6.07) is 8.51. The maximum Gasteiger partial charge on any atom is 0.323 e. The molecule has 2 unspecified atom stereocenters. The molecule has 1 aromatic carbocycles. The molecule has 0 fully saturated rings. The number of aliphatic carboxylic acids is 1. The van der Waals surface area contributed by atoms with E-state index >= 15 is 0 Å². The van der Waals surface area contributed by atoms with Crippen LogP contribution in [0, 0.1) is 0 Å². The van der Waals surface area contributed by atoms with Gasteiger partial charge in [-0.3, -0.25) is 4.79 Å². The van der Waals surface area contributed by atoms with Crippen LogP contribution in [0.3, 0.4) is 0 Å². The van der Waals surface area contributed by atoms with Crippen LogP contribution in [0.1, 0.15) is 22.8 Å². The zero-order valence-corrected chi connectivity index (χ0v) is 11.0. The molecule has 1 aromatic heterocycles. The number of aliphatic hydroxyl groups excluding tert-OH is 1. The number of nitrogens with two attached hydrogens (primary N) is 1. The summed E-state index contributed by atoms with van der Waals surface area (Å²) in [5.41, 5.74) is 8.10. The number of rotatable bonds is 5. The van der Waals surface area contributed by atoms with Crippen LogP contribution in [0.15, 0.2) is 41.1 Å². The Hall–Kier alpha value is -1.69. The molecule has 100 valence electrons. The first-order valence-electron chi connectivity index (χ1n) is 5.85. The molecule has 0 radical (unpaired) electrons. The summed E-state index contributed by atoms with van der Waals surface area (Å²) in [6.07, 6.45) is -0.522. The number of hydrogen-bond acceptors (Lipinski definition) is 4. The third-order valence-corrected chi connectivity index (χ3v) is 3.77. The van der Waals surface area contributed by atoms with E-state index in [-0.39, 0.29) is 0 Å². The molecule has 19 heavy (non-hydrogen) atoms. The number of carboxylic acid groups (broad SMARTS) is 1. The molecule has 2 atom stereocenters. The van der Waals surface area contributed by atoms with E-state index in [2.05, 4.69) is 0 Å². The van der Waals surface area contributed by atoms with Gasteiger partial charge in [0, 0.05) is 0 Å². The van der Waals surface area contributed by atoms with Crippen molar-refractivity contribution >= 4 is 17.3 Å². The number of benzene rings is 1. The first kappa shape index (κ1) is 13.7. The molecule has 5 heteroatoms. The minimum atomic E-state index is -1.30. The lowest BCUT2D eigenvalue weighted by atomic mass is 9.97. The fraction of sp³-hybridized carbons (Fsp3) is 0.214. The van der Waals surface area contributed by atoms with Gasteiger partial charge in [-0.05, 0) is 33.9 Å². The van der Waals surface area contributed by atoms with Crippen LogP contribution >= 0.6 is 11.3 Å². The smallest absolute Gasteiger partial charge is 0.323 e. The fourth-order valence-electron chi connectivity index (χ4n) is 1.88. The molecular weight excluding hydrogens is 262 g/mol. The lowest BCUT2D eigenvalue weighted by Gasteiger charge is -2.16. The third-order valence-electron chi connectivity index (χ3n) is 2.96. The zero-order chi connectivity index (χ0) is 13.8. The van der Waals surface area contributed by atoms with Crippen molar-refractivity contribution in [1.29, 1.82) is 0 Å². The van der Waals surface area contributed by atoms with Gasteiger partial charge in [0.1, 0.15) is 12.1 Å². The van der Waals surface area contributed by atoms with Gasteiger partial charge in [-0.25, -0.2) is 0 Å². The highest BCUT2D eigenvalue weighted by Gasteiger charge is 2.26. The number of thiophene rings is 1. The Balaban J connectivity index is 2.20. The normalized spacial score (nSPS) is 14.0. The van der Waals surface area contributed by atoms with Crippen LogP contribution in [-0.4, -0.2) is 22.2 Å². The summed E-state index contributed by atoms with van der Waals surface area (Å²) in [4.78, 5) is 10.8. The van der Waals surface area contributed by atoms with E-state index in [4.69, 9.17) is 10.8 Å². The monoisotopic (exact) mass is 277 g/mol. The number of carbonyl (C=O) groups is 1. The van der Waals surface area contributed by atoms with E-state index in [1.54, 1.807) is 5.38 Å². The van der Waals surface area contributed by atoms with Crippen LogP contribution in [0.5, 0.6) is 0 Å². The summed E-state index contributed by atoms with van der Waals surface area (Å²) < 4.78 is 0. The van der Waals surface area contributed by atoms with Crippen LogP contribution < -0.4 is 5.73 Å². The number of hydrogen-bond donors (Lipinski definition) is 3. The summed E-state index contributed by atoms with van der Waals surface area (Å²) in [5.74, 6) is -1.20. The molecule has 4 nitrogen and oxygen atoms in total. The highest BCUT2D eigenvalue weighted by molar-refractivity contribution is 7.08. The van der Waals surface area contributed by atoms with Gasteiger partial charge in [0.2, 0.25) is 0 Å². The van der Waals surface area contributed by atoms with E-state index in [1.165, 1.54) is 11.3 Å². The molecule has 4 N–H and O–H groups in total. The lowest BCUT2D eigenvalue weighted by Crippen LogP contribution is -2.36. The fourth-order valence-corrected chi connectivity index (χ4v) is 2.77. The van der Waals surface area contributed by atoms with Crippen molar-refractivity contribution in [1.82, 2.24) is 0 Å². The van der Waals surface area contributed by atoms with Crippen molar-refractivity contribution in [2.24, 2.45) is 5.73 Å². The van der Waals surface area contributed by atoms with Gasteiger partial charge < -0.3 is 15.9 Å².